The summed E-state index contributed by atoms with van der Waals surface area (Å²) in [5.41, 5.74) is 0.0865. The van der Waals surface area contributed by atoms with Crippen molar-refractivity contribution in [1.29, 1.82) is 0 Å². The third kappa shape index (κ3) is 2.52. The number of rotatable bonds is 5. The van der Waals surface area contributed by atoms with Gasteiger partial charge in [-0.2, -0.15) is 5.10 Å². The Hall–Kier alpha value is -1.72. The quantitative estimate of drug-likeness (QED) is 0.760. The number of hydrogen-bond acceptors (Lipinski definition) is 5. The van der Waals surface area contributed by atoms with E-state index >= 15 is 0 Å². The normalized spacial score (nSPS) is 11.8. The number of nitrogens with zero attached hydrogens (tertiary/aromatic N) is 2. The standard InChI is InChI=1S/C14H19N3O2/c1-3-14(8-18,9-19)15-13-12-7-5-4-6-11(12)10(2)16-17-13/h4-7,18-19H,3,8-9H2,1-2H3,(H,15,17). The van der Waals surface area contributed by atoms with E-state index in [-0.39, 0.29) is 13.2 Å². The summed E-state index contributed by atoms with van der Waals surface area (Å²) in [5, 5.41) is 32.4. The number of fused-ring (bicyclic) bond motifs is 1. The minimum atomic E-state index is -0.771. The van der Waals surface area contributed by atoms with Crippen molar-refractivity contribution in [1.82, 2.24) is 10.2 Å². The van der Waals surface area contributed by atoms with Gasteiger partial charge in [0.25, 0.3) is 0 Å². The molecular formula is C14H19N3O2. The van der Waals surface area contributed by atoms with E-state index < -0.39 is 5.54 Å². The molecule has 0 aliphatic heterocycles. The summed E-state index contributed by atoms with van der Waals surface area (Å²) in [7, 11) is 0. The van der Waals surface area contributed by atoms with Crippen LogP contribution in [0.25, 0.3) is 10.8 Å². The fraction of sp³-hybridized carbons (Fsp3) is 0.429. The van der Waals surface area contributed by atoms with Crippen LogP contribution in [-0.2, 0) is 0 Å². The molecule has 0 spiro atoms. The van der Waals surface area contributed by atoms with Crippen LogP contribution in [-0.4, -0.2) is 39.2 Å². The van der Waals surface area contributed by atoms with Crippen molar-refractivity contribution in [3.63, 3.8) is 0 Å². The molecule has 0 unspecified atom stereocenters. The number of aliphatic hydroxyl groups is 2. The van der Waals surface area contributed by atoms with E-state index in [0.717, 1.165) is 16.5 Å². The maximum atomic E-state index is 9.49. The SMILES string of the molecule is CCC(CO)(CO)Nc1nnc(C)c2ccccc12. The molecule has 1 heterocycles. The summed E-state index contributed by atoms with van der Waals surface area (Å²) in [6, 6.07) is 7.82. The lowest BCUT2D eigenvalue weighted by Gasteiger charge is -2.30. The van der Waals surface area contributed by atoms with Gasteiger partial charge in [-0.05, 0) is 13.3 Å². The molecule has 0 bridgehead atoms. The number of nitrogens with one attached hydrogen (secondary N) is 1. The topological polar surface area (TPSA) is 78.3 Å². The molecule has 0 aliphatic rings. The Morgan fingerprint density at radius 1 is 1.11 bits per heavy atom. The average molecular weight is 261 g/mol. The van der Waals surface area contributed by atoms with Gasteiger partial charge in [0.15, 0.2) is 5.82 Å². The summed E-state index contributed by atoms with van der Waals surface area (Å²) in [6.07, 6.45) is 0.587. The third-order valence-corrected chi connectivity index (χ3v) is 3.54. The molecule has 2 aromatic rings. The van der Waals surface area contributed by atoms with Crippen LogP contribution in [0.2, 0.25) is 0 Å². The highest BCUT2D eigenvalue weighted by Gasteiger charge is 2.27. The third-order valence-electron chi connectivity index (χ3n) is 3.54. The fourth-order valence-electron chi connectivity index (χ4n) is 2.02. The maximum absolute atomic E-state index is 9.49. The lowest BCUT2D eigenvalue weighted by molar-refractivity contribution is 0.132. The number of benzene rings is 1. The van der Waals surface area contributed by atoms with E-state index in [2.05, 4.69) is 15.5 Å². The van der Waals surface area contributed by atoms with Gasteiger partial charge >= 0.3 is 0 Å². The number of aryl methyl sites for hydroxylation is 1. The molecule has 0 saturated heterocycles. The first-order chi connectivity index (χ1) is 9.15. The van der Waals surface area contributed by atoms with Gasteiger partial charge in [0.1, 0.15) is 0 Å². The summed E-state index contributed by atoms with van der Waals surface area (Å²) < 4.78 is 0. The molecule has 5 nitrogen and oxygen atoms in total. The molecule has 0 radical (unpaired) electrons. The second-order valence-corrected chi connectivity index (χ2v) is 4.75. The first-order valence-electron chi connectivity index (χ1n) is 6.37. The Bertz CT molecular complexity index is 559. The Labute approximate surface area is 112 Å². The highest BCUT2D eigenvalue weighted by molar-refractivity contribution is 5.93. The largest absolute Gasteiger partial charge is 0.394 e. The van der Waals surface area contributed by atoms with Crippen molar-refractivity contribution < 1.29 is 10.2 Å². The van der Waals surface area contributed by atoms with Crippen LogP contribution in [0.3, 0.4) is 0 Å². The molecule has 19 heavy (non-hydrogen) atoms. The van der Waals surface area contributed by atoms with Gasteiger partial charge in [-0.15, -0.1) is 5.10 Å². The van der Waals surface area contributed by atoms with Crippen LogP contribution >= 0.6 is 0 Å². The maximum Gasteiger partial charge on any atom is 0.157 e. The van der Waals surface area contributed by atoms with Crippen LogP contribution in [0.5, 0.6) is 0 Å². The van der Waals surface area contributed by atoms with Gasteiger partial charge in [0, 0.05) is 10.8 Å². The molecule has 5 heteroatoms. The van der Waals surface area contributed by atoms with Crippen molar-refractivity contribution in [3.8, 4) is 0 Å². The van der Waals surface area contributed by atoms with Gasteiger partial charge in [0.2, 0.25) is 0 Å². The Morgan fingerprint density at radius 2 is 1.74 bits per heavy atom. The second kappa shape index (κ2) is 5.50. The predicted molar refractivity (Wildman–Crippen MR) is 75.1 cm³/mol. The summed E-state index contributed by atoms with van der Waals surface area (Å²) in [5.74, 6) is 0.589. The zero-order valence-corrected chi connectivity index (χ0v) is 11.2. The molecule has 0 aliphatic carbocycles. The zero-order valence-electron chi connectivity index (χ0n) is 11.2. The van der Waals surface area contributed by atoms with E-state index in [1.807, 2.05) is 38.1 Å². The van der Waals surface area contributed by atoms with Crippen molar-refractivity contribution in [2.45, 2.75) is 25.8 Å². The van der Waals surface area contributed by atoms with Gasteiger partial charge in [-0.3, -0.25) is 0 Å². The van der Waals surface area contributed by atoms with E-state index in [4.69, 9.17) is 0 Å². The predicted octanol–water partition coefficient (Wildman–Crippen LogP) is 1.48. The van der Waals surface area contributed by atoms with E-state index in [1.165, 1.54) is 0 Å². The first kappa shape index (κ1) is 13.7. The minimum absolute atomic E-state index is 0.163. The Morgan fingerprint density at radius 3 is 2.32 bits per heavy atom. The number of aliphatic hydroxyl groups excluding tert-OH is 2. The summed E-state index contributed by atoms with van der Waals surface area (Å²) in [4.78, 5) is 0. The lowest BCUT2D eigenvalue weighted by atomic mass is 9.98. The molecule has 102 valence electrons. The Kier molecular flexibility index (Phi) is 3.97. The van der Waals surface area contributed by atoms with Crippen LogP contribution < -0.4 is 5.32 Å². The summed E-state index contributed by atoms with van der Waals surface area (Å²) >= 11 is 0. The van der Waals surface area contributed by atoms with Crippen LogP contribution in [0.1, 0.15) is 19.0 Å². The van der Waals surface area contributed by atoms with E-state index in [1.54, 1.807) is 0 Å². The molecule has 0 fully saturated rings. The highest BCUT2D eigenvalue weighted by atomic mass is 16.3. The molecule has 2 rings (SSSR count). The molecule has 1 aromatic carbocycles. The van der Waals surface area contributed by atoms with Crippen LogP contribution in [0.4, 0.5) is 5.82 Å². The molecule has 0 atom stereocenters. The van der Waals surface area contributed by atoms with Crippen molar-refractivity contribution in [2.24, 2.45) is 0 Å². The lowest BCUT2D eigenvalue weighted by Crippen LogP contribution is -2.45. The fourth-order valence-corrected chi connectivity index (χ4v) is 2.02. The van der Waals surface area contributed by atoms with E-state index in [0.29, 0.717) is 12.2 Å². The molecular weight excluding hydrogens is 242 g/mol. The number of anilines is 1. The van der Waals surface area contributed by atoms with Crippen LogP contribution in [0, 0.1) is 6.92 Å². The van der Waals surface area contributed by atoms with Crippen molar-refractivity contribution >= 4 is 16.6 Å². The van der Waals surface area contributed by atoms with Crippen molar-refractivity contribution in [2.75, 3.05) is 18.5 Å². The number of aromatic nitrogens is 2. The minimum Gasteiger partial charge on any atom is -0.394 e. The smallest absolute Gasteiger partial charge is 0.157 e. The summed E-state index contributed by atoms with van der Waals surface area (Å²) in [6.45, 7) is 3.49. The number of hydrogen-bond donors (Lipinski definition) is 3. The van der Waals surface area contributed by atoms with Gasteiger partial charge in [0.05, 0.1) is 24.4 Å². The van der Waals surface area contributed by atoms with Gasteiger partial charge in [-0.25, -0.2) is 0 Å². The molecule has 1 aromatic heterocycles. The average Bonchev–Trinajstić information content (AvgIpc) is 2.48. The van der Waals surface area contributed by atoms with Crippen molar-refractivity contribution in [3.05, 3.63) is 30.0 Å². The Balaban J connectivity index is 2.49. The molecule has 3 N–H and O–H groups in total. The first-order valence-corrected chi connectivity index (χ1v) is 6.37. The molecule has 0 amide bonds. The highest BCUT2D eigenvalue weighted by Crippen LogP contribution is 2.25. The van der Waals surface area contributed by atoms with Gasteiger partial charge in [-0.1, -0.05) is 31.2 Å². The van der Waals surface area contributed by atoms with Crippen LogP contribution in [0.15, 0.2) is 24.3 Å². The zero-order chi connectivity index (χ0) is 13.9. The van der Waals surface area contributed by atoms with Gasteiger partial charge < -0.3 is 15.5 Å². The van der Waals surface area contributed by atoms with E-state index in [9.17, 15) is 10.2 Å². The monoisotopic (exact) mass is 261 g/mol. The second-order valence-electron chi connectivity index (χ2n) is 4.75. The molecule has 0 saturated carbocycles.